The van der Waals surface area contributed by atoms with Gasteiger partial charge >= 0.3 is 0 Å². The number of aromatic nitrogens is 1. The minimum Gasteiger partial charge on any atom is -0.393 e. The maximum Gasteiger partial charge on any atom is 0.0993 e. The van der Waals surface area contributed by atoms with Crippen molar-refractivity contribution in [1.82, 2.24) is 4.98 Å². The summed E-state index contributed by atoms with van der Waals surface area (Å²) in [4.78, 5) is 4.25. The van der Waals surface area contributed by atoms with E-state index in [-0.39, 0.29) is 17.4 Å². The number of aliphatic hydroxyl groups excluding tert-OH is 1. The lowest BCUT2D eigenvalue weighted by Crippen LogP contribution is -2.64. The molecule has 154 valence electrons. The Morgan fingerprint density at radius 3 is 2.54 bits per heavy atom. The molecule has 0 aliphatic heterocycles. The van der Waals surface area contributed by atoms with E-state index in [1.807, 2.05) is 12.1 Å². The first-order valence-corrected chi connectivity index (χ1v) is 11.3. The van der Waals surface area contributed by atoms with E-state index in [0.29, 0.717) is 24.7 Å². The molecule has 28 heavy (non-hydrogen) atoms. The molecule has 8 atom stereocenters. The summed E-state index contributed by atoms with van der Waals surface area (Å²) in [5.74, 6) is 1.31. The minimum atomic E-state index is -1.01. The molecule has 1 heterocycles. The van der Waals surface area contributed by atoms with Crippen molar-refractivity contribution in [2.24, 2.45) is 28.6 Å². The second-order valence-corrected chi connectivity index (χ2v) is 10.8. The fourth-order valence-electron chi connectivity index (χ4n) is 8.29. The van der Waals surface area contributed by atoms with Gasteiger partial charge in [-0.3, -0.25) is 4.98 Å². The molecule has 0 unspecified atom stereocenters. The molecule has 0 radical (unpaired) electrons. The molecule has 4 aliphatic rings. The molecule has 0 spiro atoms. The molecule has 1 aromatic heterocycles. The maximum absolute atomic E-state index is 12.2. The number of rotatable bonds is 1. The topological polar surface area (TPSA) is 73.6 Å². The molecule has 0 amide bonds. The normalized spacial score (nSPS) is 53.2. The van der Waals surface area contributed by atoms with Gasteiger partial charge < -0.3 is 15.3 Å². The highest BCUT2D eigenvalue weighted by molar-refractivity contribution is 5.30. The Kier molecular flexibility index (Phi) is 4.09. The zero-order valence-electron chi connectivity index (χ0n) is 17.3. The molecular formula is C24H35NO3. The Labute approximate surface area is 168 Å². The van der Waals surface area contributed by atoms with Crippen LogP contribution < -0.4 is 0 Å². The van der Waals surface area contributed by atoms with E-state index in [1.165, 1.54) is 0 Å². The highest BCUT2D eigenvalue weighted by Gasteiger charge is 2.72. The number of hydrogen-bond donors (Lipinski definition) is 3. The van der Waals surface area contributed by atoms with Crippen LogP contribution in [0.15, 0.2) is 24.5 Å². The first-order chi connectivity index (χ1) is 13.2. The van der Waals surface area contributed by atoms with Gasteiger partial charge in [-0.15, -0.1) is 0 Å². The molecule has 0 aromatic carbocycles. The Morgan fingerprint density at radius 2 is 1.79 bits per heavy atom. The van der Waals surface area contributed by atoms with Gasteiger partial charge in [-0.25, -0.2) is 0 Å². The lowest BCUT2D eigenvalue weighted by molar-refractivity contribution is -0.238. The maximum atomic E-state index is 12.2. The SMILES string of the molecule is C[C@]12CC[C@H](O)C[C@H]1CC[C@@H]1[C@@H]2CC[C@]2(C)[C@@](O)(c3cccnc3)CC[C@]12O. The highest BCUT2D eigenvalue weighted by Crippen LogP contribution is 2.71. The Morgan fingerprint density at radius 1 is 0.964 bits per heavy atom. The van der Waals surface area contributed by atoms with Gasteiger partial charge in [-0.1, -0.05) is 19.9 Å². The van der Waals surface area contributed by atoms with Crippen molar-refractivity contribution in [1.29, 1.82) is 0 Å². The second kappa shape index (κ2) is 6.02. The summed E-state index contributed by atoms with van der Waals surface area (Å²) >= 11 is 0. The summed E-state index contributed by atoms with van der Waals surface area (Å²) in [6, 6.07) is 3.86. The van der Waals surface area contributed by atoms with Gasteiger partial charge in [0.1, 0.15) is 0 Å². The molecule has 1 aromatic rings. The van der Waals surface area contributed by atoms with Gasteiger partial charge in [0.25, 0.3) is 0 Å². The molecular weight excluding hydrogens is 350 g/mol. The lowest BCUT2D eigenvalue weighted by Gasteiger charge is -2.64. The molecule has 4 fully saturated rings. The quantitative estimate of drug-likeness (QED) is 0.688. The van der Waals surface area contributed by atoms with Gasteiger partial charge in [0, 0.05) is 23.4 Å². The highest BCUT2D eigenvalue weighted by atomic mass is 16.3. The van der Waals surface area contributed by atoms with Gasteiger partial charge in [0.15, 0.2) is 0 Å². The summed E-state index contributed by atoms with van der Waals surface area (Å²) in [6.45, 7) is 4.55. The number of pyridine rings is 1. The van der Waals surface area contributed by atoms with Crippen LogP contribution >= 0.6 is 0 Å². The van der Waals surface area contributed by atoms with Crippen LogP contribution in [-0.4, -0.2) is 32.0 Å². The predicted molar refractivity (Wildman–Crippen MR) is 107 cm³/mol. The Balaban J connectivity index is 1.52. The molecule has 5 rings (SSSR count). The van der Waals surface area contributed by atoms with Crippen molar-refractivity contribution in [3.8, 4) is 0 Å². The van der Waals surface area contributed by atoms with E-state index in [9.17, 15) is 15.3 Å². The van der Waals surface area contributed by atoms with Crippen molar-refractivity contribution in [2.75, 3.05) is 0 Å². The van der Waals surface area contributed by atoms with Gasteiger partial charge in [-0.05, 0) is 87.0 Å². The fraction of sp³-hybridized carbons (Fsp3) is 0.792. The first-order valence-electron chi connectivity index (χ1n) is 11.3. The van der Waals surface area contributed by atoms with Crippen molar-refractivity contribution in [2.45, 2.75) is 88.9 Å². The van der Waals surface area contributed by atoms with Crippen LogP contribution in [0.25, 0.3) is 0 Å². The van der Waals surface area contributed by atoms with Crippen molar-refractivity contribution in [3.05, 3.63) is 30.1 Å². The molecule has 4 nitrogen and oxygen atoms in total. The fourth-order valence-corrected chi connectivity index (χ4v) is 8.29. The van der Waals surface area contributed by atoms with Crippen LogP contribution in [0.1, 0.15) is 77.2 Å². The lowest BCUT2D eigenvalue weighted by atomic mass is 9.43. The molecule has 3 N–H and O–H groups in total. The smallest absolute Gasteiger partial charge is 0.0993 e. The van der Waals surface area contributed by atoms with E-state index in [1.54, 1.807) is 12.4 Å². The van der Waals surface area contributed by atoms with E-state index >= 15 is 0 Å². The second-order valence-electron chi connectivity index (χ2n) is 10.8. The van der Waals surface area contributed by atoms with Gasteiger partial charge in [-0.2, -0.15) is 0 Å². The van der Waals surface area contributed by atoms with Crippen LogP contribution in [0.2, 0.25) is 0 Å². The third-order valence-corrected chi connectivity index (χ3v) is 10.1. The zero-order chi connectivity index (χ0) is 19.8. The third kappa shape index (κ3) is 2.20. The van der Waals surface area contributed by atoms with Crippen molar-refractivity contribution in [3.63, 3.8) is 0 Å². The number of aliphatic hydroxyl groups is 3. The largest absolute Gasteiger partial charge is 0.393 e. The van der Waals surface area contributed by atoms with E-state index in [4.69, 9.17) is 0 Å². The average Bonchev–Trinajstić information content (AvgIpc) is 2.91. The molecule has 4 heteroatoms. The Bertz CT molecular complexity index is 755. The first kappa shape index (κ1) is 19.0. The van der Waals surface area contributed by atoms with E-state index in [0.717, 1.165) is 50.5 Å². The van der Waals surface area contributed by atoms with Crippen LogP contribution in [-0.2, 0) is 5.60 Å². The summed E-state index contributed by atoms with van der Waals surface area (Å²) in [7, 11) is 0. The van der Waals surface area contributed by atoms with Crippen molar-refractivity contribution < 1.29 is 15.3 Å². The summed E-state index contributed by atoms with van der Waals surface area (Å²) in [5, 5.41) is 34.3. The van der Waals surface area contributed by atoms with Crippen LogP contribution in [0.5, 0.6) is 0 Å². The number of fused-ring (bicyclic) bond motifs is 5. The minimum absolute atomic E-state index is 0.145. The summed E-state index contributed by atoms with van der Waals surface area (Å²) < 4.78 is 0. The summed E-state index contributed by atoms with van der Waals surface area (Å²) in [6.07, 6.45) is 11.6. The average molecular weight is 386 g/mol. The molecule has 4 saturated carbocycles. The Hall–Kier alpha value is -0.970. The van der Waals surface area contributed by atoms with Crippen molar-refractivity contribution >= 4 is 0 Å². The molecule has 0 saturated heterocycles. The van der Waals surface area contributed by atoms with E-state index in [2.05, 4.69) is 18.8 Å². The van der Waals surface area contributed by atoms with Crippen LogP contribution in [0.4, 0.5) is 0 Å². The number of nitrogens with zero attached hydrogens (tertiary/aromatic N) is 1. The van der Waals surface area contributed by atoms with Crippen LogP contribution in [0, 0.1) is 28.6 Å². The zero-order valence-corrected chi connectivity index (χ0v) is 17.3. The monoisotopic (exact) mass is 385 g/mol. The standard InChI is InChI=1S/C24H35NO3/c1-21-9-7-18(26)14-16(21)5-6-20-19(21)8-10-22(2)23(27,11-12-24(20,22)28)17-4-3-13-25-15-17/h3-4,13,15-16,18-20,26-28H,5-12,14H2,1-2H3/t16-,18+,19+,20-,21+,22-,23+,24+/m1/s1. The van der Waals surface area contributed by atoms with Gasteiger partial charge in [0.2, 0.25) is 0 Å². The number of hydrogen-bond acceptors (Lipinski definition) is 4. The third-order valence-electron chi connectivity index (χ3n) is 10.1. The van der Waals surface area contributed by atoms with Gasteiger partial charge in [0.05, 0.1) is 17.3 Å². The molecule has 4 aliphatic carbocycles. The van der Waals surface area contributed by atoms with E-state index < -0.39 is 16.6 Å². The molecule has 0 bridgehead atoms. The summed E-state index contributed by atoms with van der Waals surface area (Å²) in [5.41, 5.74) is -1.31. The predicted octanol–water partition coefficient (Wildman–Crippen LogP) is 3.79. The van der Waals surface area contributed by atoms with Crippen LogP contribution in [0.3, 0.4) is 0 Å².